The lowest BCUT2D eigenvalue weighted by atomic mass is 10.2. The normalized spacial score (nSPS) is 10.4. The van der Waals surface area contributed by atoms with Crippen LogP contribution in [0.3, 0.4) is 0 Å². The Morgan fingerprint density at radius 3 is 2.67 bits per heavy atom. The van der Waals surface area contributed by atoms with Gasteiger partial charge in [-0.3, -0.25) is 0 Å². The number of nitrogens with zero attached hydrogens (tertiary/aromatic N) is 4. The van der Waals surface area contributed by atoms with E-state index >= 15 is 0 Å². The van der Waals surface area contributed by atoms with E-state index in [1.807, 2.05) is 19.1 Å². The van der Waals surface area contributed by atoms with Gasteiger partial charge in [-0.2, -0.15) is 0 Å². The Labute approximate surface area is 126 Å². The molecule has 21 heavy (non-hydrogen) atoms. The van der Waals surface area contributed by atoms with E-state index in [4.69, 9.17) is 16.3 Å². The molecule has 0 atom stereocenters. The fourth-order valence-electron chi connectivity index (χ4n) is 1.83. The summed E-state index contributed by atoms with van der Waals surface area (Å²) in [6.07, 6.45) is 6.45. The van der Waals surface area contributed by atoms with Gasteiger partial charge in [0.25, 0.3) is 0 Å². The summed E-state index contributed by atoms with van der Waals surface area (Å²) >= 11 is 5.87. The van der Waals surface area contributed by atoms with E-state index in [2.05, 4.69) is 19.9 Å². The number of pyridine rings is 2. The van der Waals surface area contributed by atoms with Gasteiger partial charge < -0.3 is 4.74 Å². The minimum Gasteiger partial charge on any atom is -0.455 e. The summed E-state index contributed by atoms with van der Waals surface area (Å²) in [5, 5.41) is 0.372. The fraction of sp³-hybridized carbons (Fsp3) is 0.0667. The highest BCUT2D eigenvalue weighted by atomic mass is 35.5. The number of rotatable bonds is 3. The maximum atomic E-state index is 5.87. The Morgan fingerprint density at radius 2 is 1.90 bits per heavy atom. The van der Waals surface area contributed by atoms with Crippen LogP contribution in [-0.2, 0) is 0 Å². The van der Waals surface area contributed by atoms with Crippen molar-refractivity contribution in [2.45, 2.75) is 6.92 Å². The predicted molar refractivity (Wildman–Crippen MR) is 79.3 cm³/mol. The lowest BCUT2D eigenvalue weighted by Crippen LogP contribution is -1.94. The van der Waals surface area contributed by atoms with Crippen molar-refractivity contribution in [2.75, 3.05) is 0 Å². The van der Waals surface area contributed by atoms with Crippen LogP contribution in [0.15, 0.2) is 49.2 Å². The van der Waals surface area contributed by atoms with Crippen molar-refractivity contribution < 1.29 is 4.74 Å². The smallest absolute Gasteiger partial charge is 0.153 e. The number of hydrogen-bond acceptors (Lipinski definition) is 5. The average Bonchev–Trinajstić information content (AvgIpc) is 2.50. The SMILES string of the molecule is Cc1ccc(Oc2ccnc(Cl)c2)c(-c2cncnc2)n1. The van der Waals surface area contributed by atoms with E-state index in [1.165, 1.54) is 6.33 Å². The second-order valence-electron chi connectivity index (χ2n) is 4.34. The molecule has 0 aliphatic rings. The minimum atomic E-state index is 0.372. The molecule has 0 saturated carbocycles. The molecule has 3 heterocycles. The minimum absolute atomic E-state index is 0.372. The molecule has 104 valence electrons. The number of aromatic nitrogens is 4. The third kappa shape index (κ3) is 3.14. The van der Waals surface area contributed by atoms with E-state index in [0.29, 0.717) is 22.3 Å². The van der Waals surface area contributed by atoms with Gasteiger partial charge in [0.15, 0.2) is 5.75 Å². The van der Waals surface area contributed by atoms with Gasteiger partial charge in [-0.05, 0) is 25.1 Å². The average molecular weight is 299 g/mol. The Balaban J connectivity index is 2.03. The maximum Gasteiger partial charge on any atom is 0.153 e. The van der Waals surface area contributed by atoms with Gasteiger partial charge in [0.2, 0.25) is 0 Å². The number of hydrogen-bond donors (Lipinski definition) is 0. The van der Waals surface area contributed by atoms with Crippen LogP contribution in [0.5, 0.6) is 11.5 Å². The van der Waals surface area contributed by atoms with Crippen molar-refractivity contribution in [2.24, 2.45) is 0 Å². The van der Waals surface area contributed by atoms with E-state index in [0.717, 1.165) is 11.3 Å². The van der Waals surface area contributed by atoms with Crippen LogP contribution in [0.4, 0.5) is 0 Å². The summed E-state index contributed by atoms with van der Waals surface area (Å²) in [6.45, 7) is 1.92. The van der Waals surface area contributed by atoms with Crippen LogP contribution in [0.25, 0.3) is 11.3 Å². The second-order valence-corrected chi connectivity index (χ2v) is 4.73. The summed E-state index contributed by atoms with van der Waals surface area (Å²) in [4.78, 5) is 16.5. The maximum absolute atomic E-state index is 5.87. The Morgan fingerprint density at radius 1 is 1.10 bits per heavy atom. The van der Waals surface area contributed by atoms with Crippen molar-refractivity contribution >= 4 is 11.6 Å². The van der Waals surface area contributed by atoms with Crippen LogP contribution >= 0.6 is 11.6 Å². The summed E-state index contributed by atoms with van der Waals surface area (Å²) < 4.78 is 5.86. The van der Waals surface area contributed by atoms with E-state index in [1.54, 1.807) is 30.7 Å². The summed E-state index contributed by atoms with van der Waals surface area (Å²) in [6, 6.07) is 7.12. The molecule has 0 spiro atoms. The molecule has 0 N–H and O–H groups in total. The molecule has 5 nitrogen and oxygen atoms in total. The lowest BCUT2D eigenvalue weighted by Gasteiger charge is -2.11. The number of ether oxygens (including phenoxy) is 1. The first kappa shape index (κ1) is 13.5. The third-order valence-corrected chi connectivity index (χ3v) is 2.96. The molecule has 0 aromatic carbocycles. The van der Waals surface area contributed by atoms with E-state index in [9.17, 15) is 0 Å². The van der Waals surface area contributed by atoms with Gasteiger partial charge in [-0.1, -0.05) is 11.6 Å². The largest absolute Gasteiger partial charge is 0.455 e. The van der Waals surface area contributed by atoms with Crippen molar-refractivity contribution in [3.8, 4) is 22.8 Å². The summed E-state index contributed by atoms with van der Waals surface area (Å²) in [7, 11) is 0. The molecule has 0 radical (unpaired) electrons. The van der Waals surface area contributed by atoms with Crippen LogP contribution in [-0.4, -0.2) is 19.9 Å². The predicted octanol–water partition coefficient (Wildman–Crippen LogP) is 3.69. The van der Waals surface area contributed by atoms with Crippen LogP contribution in [0.2, 0.25) is 5.15 Å². The lowest BCUT2D eigenvalue weighted by molar-refractivity contribution is 0.481. The molecule has 0 bridgehead atoms. The summed E-state index contributed by atoms with van der Waals surface area (Å²) in [5.74, 6) is 1.21. The van der Waals surface area contributed by atoms with Crippen LogP contribution in [0, 0.1) is 6.92 Å². The third-order valence-electron chi connectivity index (χ3n) is 2.76. The highest BCUT2D eigenvalue weighted by Crippen LogP contribution is 2.31. The van der Waals surface area contributed by atoms with Crippen molar-refractivity contribution in [1.29, 1.82) is 0 Å². The molecule has 0 aliphatic carbocycles. The van der Waals surface area contributed by atoms with Gasteiger partial charge >= 0.3 is 0 Å². The zero-order chi connectivity index (χ0) is 14.7. The van der Waals surface area contributed by atoms with Gasteiger partial charge in [-0.25, -0.2) is 19.9 Å². The van der Waals surface area contributed by atoms with E-state index < -0.39 is 0 Å². The highest BCUT2D eigenvalue weighted by molar-refractivity contribution is 6.29. The molecular weight excluding hydrogens is 288 g/mol. The van der Waals surface area contributed by atoms with E-state index in [-0.39, 0.29) is 0 Å². The first-order valence-corrected chi connectivity index (χ1v) is 6.62. The van der Waals surface area contributed by atoms with Crippen molar-refractivity contribution in [3.63, 3.8) is 0 Å². The van der Waals surface area contributed by atoms with Crippen LogP contribution < -0.4 is 4.74 Å². The molecule has 0 aliphatic heterocycles. The van der Waals surface area contributed by atoms with Gasteiger partial charge in [0.05, 0.1) is 0 Å². The van der Waals surface area contributed by atoms with Crippen molar-refractivity contribution in [3.05, 3.63) is 60.0 Å². The first-order valence-electron chi connectivity index (χ1n) is 6.25. The summed E-state index contributed by atoms with van der Waals surface area (Å²) in [5.41, 5.74) is 2.36. The van der Waals surface area contributed by atoms with Crippen LogP contribution in [0.1, 0.15) is 5.69 Å². The number of halogens is 1. The molecule has 3 rings (SSSR count). The molecular formula is C15H11ClN4O. The molecule has 0 fully saturated rings. The van der Waals surface area contributed by atoms with Gasteiger partial charge in [0.1, 0.15) is 22.9 Å². The topological polar surface area (TPSA) is 60.8 Å². The molecule has 0 amide bonds. The monoisotopic (exact) mass is 298 g/mol. The second kappa shape index (κ2) is 5.85. The fourth-order valence-corrected chi connectivity index (χ4v) is 1.99. The zero-order valence-corrected chi connectivity index (χ0v) is 11.9. The highest BCUT2D eigenvalue weighted by Gasteiger charge is 2.10. The molecule has 3 aromatic rings. The molecule has 0 unspecified atom stereocenters. The Hall–Kier alpha value is -2.53. The Bertz CT molecular complexity index is 765. The first-order chi connectivity index (χ1) is 10.2. The molecule has 0 saturated heterocycles. The standard InChI is InChI=1S/C15H11ClN4O/c1-10-2-3-13(21-12-4-5-19-14(16)6-12)15(20-10)11-7-17-9-18-8-11/h2-9H,1H3. The van der Waals surface area contributed by atoms with Crippen molar-refractivity contribution in [1.82, 2.24) is 19.9 Å². The Kier molecular flexibility index (Phi) is 3.75. The van der Waals surface area contributed by atoms with Gasteiger partial charge in [-0.15, -0.1) is 0 Å². The quantitative estimate of drug-likeness (QED) is 0.690. The number of aryl methyl sites for hydroxylation is 1. The zero-order valence-electron chi connectivity index (χ0n) is 11.2. The molecule has 3 aromatic heterocycles. The van der Waals surface area contributed by atoms with Gasteiger partial charge in [0, 0.05) is 35.9 Å². The molecule has 6 heteroatoms.